The van der Waals surface area contributed by atoms with Crippen LogP contribution < -0.4 is 10.6 Å². The van der Waals surface area contributed by atoms with Gasteiger partial charge in [0.2, 0.25) is 5.91 Å². The molecule has 2 rings (SSSR count). The van der Waals surface area contributed by atoms with Crippen LogP contribution in [0.5, 0.6) is 0 Å². The van der Waals surface area contributed by atoms with Crippen LogP contribution in [-0.2, 0) is 20.8 Å². The largest absolute Gasteiger partial charge is 0.383 e. The van der Waals surface area contributed by atoms with Gasteiger partial charge in [0.1, 0.15) is 6.61 Å². The van der Waals surface area contributed by atoms with E-state index in [4.69, 9.17) is 9.47 Å². The first-order chi connectivity index (χ1) is 10.8. The van der Waals surface area contributed by atoms with Gasteiger partial charge >= 0.3 is 0 Å². The maximum atomic E-state index is 11.8. The van der Waals surface area contributed by atoms with Gasteiger partial charge in [-0.05, 0) is 30.5 Å². The first-order valence-electron chi connectivity index (χ1n) is 7.98. The summed E-state index contributed by atoms with van der Waals surface area (Å²) in [4.78, 5) is 11.8. The van der Waals surface area contributed by atoms with Crippen molar-refractivity contribution < 1.29 is 14.3 Å². The summed E-state index contributed by atoms with van der Waals surface area (Å²) in [5.41, 5.74) is 2.13. The molecule has 5 nitrogen and oxygen atoms in total. The molecule has 0 bridgehead atoms. The van der Waals surface area contributed by atoms with Gasteiger partial charge in [-0.1, -0.05) is 25.0 Å². The highest BCUT2D eigenvalue weighted by molar-refractivity contribution is 5.77. The van der Waals surface area contributed by atoms with Crippen LogP contribution in [0, 0.1) is 0 Å². The van der Waals surface area contributed by atoms with E-state index in [0.29, 0.717) is 13.2 Å². The third-order valence-corrected chi connectivity index (χ3v) is 3.83. The van der Waals surface area contributed by atoms with E-state index in [1.807, 2.05) is 24.3 Å². The lowest BCUT2D eigenvalue weighted by molar-refractivity contribution is -0.127. The van der Waals surface area contributed by atoms with Gasteiger partial charge in [0.25, 0.3) is 0 Å². The number of carbonyl (C=O) groups is 1. The molecule has 1 saturated carbocycles. The van der Waals surface area contributed by atoms with Gasteiger partial charge in [-0.25, -0.2) is 0 Å². The molecule has 1 aromatic carbocycles. The minimum atomic E-state index is -0.0470. The first kappa shape index (κ1) is 16.8. The molecule has 0 heterocycles. The van der Waals surface area contributed by atoms with Crippen molar-refractivity contribution in [2.75, 3.05) is 32.2 Å². The number of benzene rings is 1. The molecule has 0 saturated heterocycles. The molecular formula is C17H26N2O3. The lowest BCUT2D eigenvalue weighted by Gasteiger charge is -2.11. The van der Waals surface area contributed by atoms with E-state index in [1.165, 1.54) is 12.8 Å². The smallest absolute Gasteiger partial charge is 0.246 e. The molecule has 1 fully saturated rings. The quantitative estimate of drug-likeness (QED) is 0.687. The van der Waals surface area contributed by atoms with Gasteiger partial charge in [-0.2, -0.15) is 0 Å². The van der Waals surface area contributed by atoms with Crippen molar-refractivity contribution in [3.63, 3.8) is 0 Å². The second-order valence-corrected chi connectivity index (χ2v) is 5.61. The number of hydrogen-bond donors (Lipinski definition) is 2. The Kier molecular flexibility index (Phi) is 7.19. The maximum Gasteiger partial charge on any atom is 0.246 e. The summed E-state index contributed by atoms with van der Waals surface area (Å²) < 4.78 is 10.6. The number of ether oxygens (including phenoxy) is 2. The van der Waals surface area contributed by atoms with Crippen molar-refractivity contribution in [2.45, 2.75) is 38.3 Å². The zero-order valence-corrected chi connectivity index (χ0v) is 13.3. The normalized spacial score (nSPS) is 15.0. The second kappa shape index (κ2) is 9.43. The predicted octanol–water partition coefficient (Wildman–Crippen LogP) is 2.32. The highest BCUT2D eigenvalue weighted by Crippen LogP contribution is 2.20. The monoisotopic (exact) mass is 306 g/mol. The van der Waals surface area contributed by atoms with E-state index < -0.39 is 0 Å². The van der Waals surface area contributed by atoms with Gasteiger partial charge in [-0.3, -0.25) is 4.79 Å². The van der Waals surface area contributed by atoms with E-state index in [1.54, 1.807) is 7.11 Å². The molecule has 0 spiro atoms. The molecule has 0 unspecified atom stereocenters. The van der Waals surface area contributed by atoms with Crippen molar-refractivity contribution in [3.05, 3.63) is 29.8 Å². The van der Waals surface area contributed by atoms with Gasteiger partial charge in [0.15, 0.2) is 0 Å². The molecule has 1 aliphatic carbocycles. The van der Waals surface area contributed by atoms with E-state index in [2.05, 4.69) is 10.6 Å². The molecule has 1 amide bonds. The summed E-state index contributed by atoms with van der Waals surface area (Å²) in [5.74, 6) is -0.0470. The van der Waals surface area contributed by atoms with Gasteiger partial charge in [0, 0.05) is 25.9 Å². The summed E-state index contributed by atoms with van der Waals surface area (Å²) in [6, 6.07) is 8.03. The Balaban J connectivity index is 1.64. The molecule has 2 N–H and O–H groups in total. The summed E-state index contributed by atoms with van der Waals surface area (Å²) in [6.45, 7) is 2.16. The summed E-state index contributed by atoms with van der Waals surface area (Å²) in [7, 11) is 1.68. The standard InChI is InChI=1S/C17H26N2O3/c1-21-11-10-18-15-8-6-14(7-9-15)12-19-17(20)13-22-16-4-2-3-5-16/h6-9,16,18H,2-5,10-13H2,1H3,(H,19,20). The molecular weight excluding hydrogens is 280 g/mol. The van der Waals surface area contributed by atoms with Crippen molar-refractivity contribution in [1.29, 1.82) is 0 Å². The number of carbonyl (C=O) groups excluding carboxylic acids is 1. The number of nitrogens with one attached hydrogen (secondary N) is 2. The van der Waals surface area contributed by atoms with E-state index in [-0.39, 0.29) is 18.6 Å². The predicted molar refractivity (Wildman–Crippen MR) is 86.9 cm³/mol. The molecule has 122 valence electrons. The van der Waals surface area contributed by atoms with Gasteiger partial charge in [0.05, 0.1) is 12.7 Å². The average molecular weight is 306 g/mol. The topological polar surface area (TPSA) is 59.6 Å². The van der Waals surface area contributed by atoms with Crippen LogP contribution in [0.1, 0.15) is 31.2 Å². The number of hydrogen-bond acceptors (Lipinski definition) is 4. The lowest BCUT2D eigenvalue weighted by Crippen LogP contribution is -2.28. The minimum Gasteiger partial charge on any atom is -0.383 e. The number of rotatable bonds is 9. The fourth-order valence-corrected chi connectivity index (χ4v) is 2.54. The fourth-order valence-electron chi connectivity index (χ4n) is 2.54. The van der Waals surface area contributed by atoms with Crippen LogP contribution in [0.2, 0.25) is 0 Å². The Labute approximate surface area is 132 Å². The first-order valence-corrected chi connectivity index (χ1v) is 7.98. The summed E-state index contributed by atoms with van der Waals surface area (Å²) in [5, 5.41) is 6.15. The highest BCUT2D eigenvalue weighted by atomic mass is 16.5. The van der Waals surface area contributed by atoms with Crippen LogP contribution in [0.25, 0.3) is 0 Å². The Morgan fingerprint density at radius 1 is 1.23 bits per heavy atom. The zero-order chi connectivity index (χ0) is 15.6. The van der Waals surface area contributed by atoms with Crippen molar-refractivity contribution >= 4 is 11.6 Å². The van der Waals surface area contributed by atoms with Crippen molar-refractivity contribution in [1.82, 2.24) is 5.32 Å². The van der Waals surface area contributed by atoms with E-state index in [0.717, 1.165) is 30.6 Å². The van der Waals surface area contributed by atoms with Crippen LogP contribution in [0.15, 0.2) is 24.3 Å². The Morgan fingerprint density at radius 3 is 2.64 bits per heavy atom. The fraction of sp³-hybridized carbons (Fsp3) is 0.588. The zero-order valence-electron chi connectivity index (χ0n) is 13.3. The lowest BCUT2D eigenvalue weighted by atomic mass is 10.2. The maximum absolute atomic E-state index is 11.8. The van der Waals surface area contributed by atoms with Gasteiger partial charge in [-0.15, -0.1) is 0 Å². The molecule has 5 heteroatoms. The molecule has 1 aromatic rings. The van der Waals surface area contributed by atoms with Gasteiger partial charge < -0.3 is 20.1 Å². The second-order valence-electron chi connectivity index (χ2n) is 5.61. The third kappa shape index (κ3) is 6.03. The van der Waals surface area contributed by atoms with Crippen LogP contribution >= 0.6 is 0 Å². The highest BCUT2D eigenvalue weighted by Gasteiger charge is 2.16. The number of methoxy groups -OCH3 is 1. The Morgan fingerprint density at radius 2 is 1.95 bits per heavy atom. The molecule has 0 atom stereocenters. The van der Waals surface area contributed by atoms with Crippen LogP contribution in [0.4, 0.5) is 5.69 Å². The molecule has 0 radical (unpaired) electrons. The molecule has 0 aliphatic heterocycles. The van der Waals surface area contributed by atoms with Crippen molar-refractivity contribution in [2.24, 2.45) is 0 Å². The summed E-state index contributed by atoms with van der Waals surface area (Å²) >= 11 is 0. The Bertz CT molecular complexity index is 442. The number of anilines is 1. The third-order valence-electron chi connectivity index (χ3n) is 3.83. The minimum absolute atomic E-state index is 0.0470. The van der Waals surface area contributed by atoms with E-state index in [9.17, 15) is 4.79 Å². The molecule has 1 aliphatic rings. The average Bonchev–Trinajstić information content (AvgIpc) is 3.06. The van der Waals surface area contributed by atoms with Crippen LogP contribution in [-0.4, -0.2) is 38.9 Å². The summed E-state index contributed by atoms with van der Waals surface area (Å²) in [6.07, 6.45) is 4.90. The number of amides is 1. The molecule has 22 heavy (non-hydrogen) atoms. The molecule has 0 aromatic heterocycles. The van der Waals surface area contributed by atoms with Crippen LogP contribution in [0.3, 0.4) is 0 Å². The SMILES string of the molecule is COCCNc1ccc(CNC(=O)COC2CCCC2)cc1. The van der Waals surface area contributed by atoms with Crippen molar-refractivity contribution in [3.8, 4) is 0 Å². The van der Waals surface area contributed by atoms with E-state index >= 15 is 0 Å². The Hall–Kier alpha value is -1.59.